The zero-order valence-electron chi connectivity index (χ0n) is 7.17. The highest BCUT2D eigenvalue weighted by Gasteiger charge is 2.07. The van der Waals surface area contributed by atoms with E-state index >= 15 is 0 Å². The van der Waals surface area contributed by atoms with Gasteiger partial charge in [0.15, 0.2) is 0 Å². The average molecular weight is 173 g/mol. The van der Waals surface area contributed by atoms with Gasteiger partial charge in [-0.15, -0.1) is 0 Å². The summed E-state index contributed by atoms with van der Waals surface area (Å²) in [5.41, 5.74) is 9.85. The van der Waals surface area contributed by atoms with Gasteiger partial charge in [0.1, 0.15) is 0 Å². The predicted molar refractivity (Wildman–Crippen MR) is 45.2 cm³/mol. The molecule has 1 atom stereocenters. The molecule has 0 saturated heterocycles. The highest BCUT2D eigenvalue weighted by molar-refractivity contribution is 5.76. The van der Waals surface area contributed by atoms with Gasteiger partial charge < -0.3 is 16.8 Å². The van der Waals surface area contributed by atoms with E-state index in [1.807, 2.05) is 0 Å². The zero-order valence-corrected chi connectivity index (χ0v) is 7.17. The summed E-state index contributed by atoms with van der Waals surface area (Å²) < 4.78 is 0. The lowest BCUT2D eigenvalue weighted by Gasteiger charge is -2.06. The number of nitrogens with one attached hydrogen (secondary N) is 1. The molecule has 0 aliphatic carbocycles. The smallest absolute Gasteiger partial charge is 0.312 e. The first kappa shape index (κ1) is 10.7. The first-order chi connectivity index (χ1) is 5.54. The van der Waals surface area contributed by atoms with E-state index in [0.717, 1.165) is 0 Å². The van der Waals surface area contributed by atoms with E-state index < -0.39 is 6.03 Å². The largest absolute Gasteiger partial charge is 0.369 e. The van der Waals surface area contributed by atoms with Crippen LogP contribution in [0.3, 0.4) is 0 Å². The van der Waals surface area contributed by atoms with E-state index in [1.165, 1.54) is 0 Å². The Labute approximate surface area is 71.5 Å². The van der Waals surface area contributed by atoms with Crippen molar-refractivity contribution >= 4 is 11.9 Å². The normalized spacial score (nSPS) is 12.1. The summed E-state index contributed by atoms with van der Waals surface area (Å²) in [7, 11) is 0. The monoisotopic (exact) mass is 173 g/mol. The maximum Gasteiger partial charge on any atom is 0.312 e. The number of hydrogen-bond acceptors (Lipinski definition) is 2. The molecule has 0 heterocycles. The first-order valence-corrected chi connectivity index (χ1v) is 3.86. The summed E-state index contributed by atoms with van der Waals surface area (Å²) in [5.74, 6) is -0.450. The van der Waals surface area contributed by atoms with Crippen LogP contribution in [0.15, 0.2) is 0 Å². The predicted octanol–water partition coefficient (Wildman–Crippen LogP) is -0.444. The maximum absolute atomic E-state index is 10.5. The van der Waals surface area contributed by atoms with Crippen LogP contribution in [0.5, 0.6) is 0 Å². The molecule has 5 nitrogen and oxygen atoms in total. The third-order valence-electron chi connectivity index (χ3n) is 1.60. The van der Waals surface area contributed by atoms with Crippen LogP contribution in [0.4, 0.5) is 4.79 Å². The fourth-order valence-electron chi connectivity index (χ4n) is 0.762. The standard InChI is InChI=1S/C7H15N3O2/c1-5(6(8)11)3-2-4-10-7(9)12/h5H,2-4H2,1H3,(H2,8,11)(H3,9,10,12). The van der Waals surface area contributed by atoms with Gasteiger partial charge in [0.2, 0.25) is 5.91 Å². The molecule has 0 aliphatic rings. The van der Waals surface area contributed by atoms with Gasteiger partial charge in [0.05, 0.1) is 0 Å². The average Bonchev–Trinajstić information content (AvgIpc) is 1.97. The Morgan fingerprint density at radius 1 is 1.42 bits per heavy atom. The molecule has 0 saturated carbocycles. The Morgan fingerprint density at radius 2 is 2.00 bits per heavy atom. The van der Waals surface area contributed by atoms with Gasteiger partial charge >= 0.3 is 6.03 Å². The molecule has 0 fully saturated rings. The molecule has 5 N–H and O–H groups in total. The minimum Gasteiger partial charge on any atom is -0.369 e. The number of urea groups is 1. The zero-order chi connectivity index (χ0) is 9.56. The van der Waals surface area contributed by atoms with Crippen LogP contribution in [-0.4, -0.2) is 18.5 Å². The SMILES string of the molecule is CC(CCCNC(N)=O)C(N)=O. The number of primary amides is 2. The highest BCUT2D eigenvalue weighted by atomic mass is 16.2. The van der Waals surface area contributed by atoms with Crippen LogP contribution in [-0.2, 0) is 4.79 Å². The van der Waals surface area contributed by atoms with E-state index in [1.54, 1.807) is 6.92 Å². The summed E-state index contributed by atoms with van der Waals surface area (Å²) in [5, 5.41) is 2.43. The number of hydrogen-bond donors (Lipinski definition) is 3. The molecule has 0 rings (SSSR count). The van der Waals surface area contributed by atoms with Crippen LogP contribution in [0, 0.1) is 5.92 Å². The molecule has 1 unspecified atom stereocenters. The molecule has 70 valence electrons. The Kier molecular flexibility index (Phi) is 4.83. The van der Waals surface area contributed by atoms with Crippen molar-refractivity contribution in [3.8, 4) is 0 Å². The molecule has 0 spiro atoms. The molecular formula is C7H15N3O2. The summed E-state index contributed by atoms with van der Waals surface area (Å²) in [6.07, 6.45) is 1.39. The van der Waals surface area contributed by atoms with Crippen molar-refractivity contribution in [3.63, 3.8) is 0 Å². The van der Waals surface area contributed by atoms with Gasteiger partial charge in [-0.1, -0.05) is 6.92 Å². The first-order valence-electron chi connectivity index (χ1n) is 3.86. The van der Waals surface area contributed by atoms with E-state index in [9.17, 15) is 9.59 Å². The molecule has 0 aromatic carbocycles. The second-order valence-electron chi connectivity index (χ2n) is 2.74. The minimum absolute atomic E-state index is 0.139. The lowest BCUT2D eigenvalue weighted by molar-refractivity contribution is -0.121. The van der Waals surface area contributed by atoms with Gasteiger partial charge in [-0.2, -0.15) is 0 Å². The molecule has 0 aliphatic heterocycles. The number of carbonyl (C=O) groups is 2. The van der Waals surface area contributed by atoms with Crippen LogP contribution in [0.1, 0.15) is 19.8 Å². The van der Waals surface area contributed by atoms with Crippen molar-refractivity contribution in [2.45, 2.75) is 19.8 Å². The van der Waals surface area contributed by atoms with Gasteiger partial charge in [-0.3, -0.25) is 4.79 Å². The van der Waals surface area contributed by atoms with Crippen molar-refractivity contribution in [1.82, 2.24) is 5.32 Å². The molecular weight excluding hydrogens is 158 g/mol. The Hall–Kier alpha value is -1.26. The van der Waals surface area contributed by atoms with Crippen LogP contribution < -0.4 is 16.8 Å². The fourth-order valence-corrected chi connectivity index (χ4v) is 0.762. The number of rotatable bonds is 5. The summed E-state index contributed by atoms with van der Waals surface area (Å²) >= 11 is 0. The lowest BCUT2D eigenvalue weighted by atomic mass is 10.1. The van der Waals surface area contributed by atoms with Crippen LogP contribution >= 0.6 is 0 Å². The third kappa shape index (κ3) is 5.52. The quantitative estimate of drug-likeness (QED) is 0.491. The van der Waals surface area contributed by atoms with Crippen LogP contribution in [0.2, 0.25) is 0 Å². The fraction of sp³-hybridized carbons (Fsp3) is 0.714. The van der Waals surface area contributed by atoms with Gasteiger partial charge in [-0.25, -0.2) is 4.79 Å². The second-order valence-corrected chi connectivity index (χ2v) is 2.74. The van der Waals surface area contributed by atoms with E-state index in [2.05, 4.69) is 5.32 Å². The number of amides is 3. The minimum atomic E-state index is -0.540. The van der Waals surface area contributed by atoms with E-state index in [-0.39, 0.29) is 11.8 Å². The Bertz CT molecular complexity index is 170. The summed E-state index contributed by atoms with van der Waals surface area (Å²) in [6, 6.07) is -0.540. The molecule has 0 aromatic heterocycles. The second kappa shape index (κ2) is 5.40. The molecule has 12 heavy (non-hydrogen) atoms. The Morgan fingerprint density at radius 3 is 2.42 bits per heavy atom. The van der Waals surface area contributed by atoms with Crippen molar-refractivity contribution < 1.29 is 9.59 Å². The third-order valence-corrected chi connectivity index (χ3v) is 1.60. The maximum atomic E-state index is 10.5. The van der Waals surface area contributed by atoms with E-state index in [4.69, 9.17) is 11.5 Å². The lowest BCUT2D eigenvalue weighted by Crippen LogP contribution is -2.30. The molecule has 0 aromatic rings. The molecule has 5 heteroatoms. The molecule has 0 radical (unpaired) electrons. The van der Waals surface area contributed by atoms with Gasteiger partial charge in [-0.05, 0) is 12.8 Å². The van der Waals surface area contributed by atoms with Crippen molar-refractivity contribution in [3.05, 3.63) is 0 Å². The summed E-state index contributed by atoms with van der Waals surface area (Å²) in [6.45, 7) is 2.25. The highest BCUT2D eigenvalue weighted by Crippen LogP contribution is 2.02. The van der Waals surface area contributed by atoms with Gasteiger partial charge in [0, 0.05) is 12.5 Å². The molecule has 3 amide bonds. The Balaban J connectivity index is 3.31. The molecule has 0 bridgehead atoms. The van der Waals surface area contributed by atoms with Crippen molar-refractivity contribution in [2.75, 3.05) is 6.54 Å². The van der Waals surface area contributed by atoms with Crippen molar-refractivity contribution in [1.29, 1.82) is 0 Å². The topological polar surface area (TPSA) is 98.2 Å². The summed E-state index contributed by atoms with van der Waals surface area (Å²) in [4.78, 5) is 20.7. The number of carbonyl (C=O) groups excluding carboxylic acids is 2. The van der Waals surface area contributed by atoms with Crippen molar-refractivity contribution in [2.24, 2.45) is 17.4 Å². The van der Waals surface area contributed by atoms with E-state index in [0.29, 0.717) is 19.4 Å². The van der Waals surface area contributed by atoms with Crippen LogP contribution in [0.25, 0.3) is 0 Å². The number of nitrogens with two attached hydrogens (primary N) is 2. The van der Waals surface area contributed by atoms with Gasteiger partial charge in [0.25, 0.3) is 0 Å².